The Labute approximate surface area is 256 Å². The average Bonchev–Trinajstić information content (AvgIpc) is 2.97. The van der Waals surface area contributed by atoms with E-state index in [1.165, 1.54) is 0 Å². The van der Waals surface area contributed by atoms with Gasteiger partial charge < -0.3 is 19.6 Å². The van der Waals surface area contributed by atoms with Gasteiger partial charge in [0.25, 0.3) is 0 Å². The fourth-order valence-electron chi connectivity index (χ4n) is 5.43. The molecule has 0 saturated carbocycles. The Morgan fingerprint density at radius 2 is 1.49 bits per heavy atom. The minimum atomic E-state index is -4.88. The predicted octanol–water partition coefficient (Wildman–Crippen LogP) is 7.07. The van der Waals surface area contributed by atoms with Crippen LogP contribution in [0.25, 0.3) is 0 Å². The van der Waals surface area contributed by atoms with E-state index in [2.05, 4.69) is 14.4 Å². The van der Waals surface area contributed by atoms with Crippen LogP contribution in [0.15, 0.2) is 112 Å². The van der Waals surface area contributed by atoms with Crippen molar-refractivity contribution in [3.8, 4) is 5.75 Å². The largest absolute Gasteiger partial charge is 0.573 e. The van der Waals surface area contributed by atoms with Gasteiger partial charge in [0.05, 0.1) is 34.5 Å². The van der Waals surface area contributed by atoms with Crippen LogP contribution < -0.4 is 19.3 Å². The second kappa shape index (κ2) is 11.6. The molecule has 1 fully saturated rings. The van der Waals surface area contributed by atoms with Crippen molar-refractivity contribution in [1.29, 1.82) is 4.78 Å². The smallest absolute Gasteiger partial charge is 0.406 e. The summed E-state index contributed by atoms with van der Waals surface area (Å²) in [7, 11) is -3.76. The number of halogens is 4. The Balaban J connectivity index is 1.36. The van der Waals surface area contributed by atoms with E-state index < -0.39 is 40.2 Å². The van der Waals surface area contributed by atoms with Crippen molar-refractivity contribution < 1.29 is 27.2 Å². The van der Waals surface area contributed by atoms with Gasteiger partial charge in [-0.25, -0.2) is 13.7 Å². The fraction of sp³-hybridized carbons (Fsp3) is 0.200. The van der Waals surface area contributed by atoms with Crippen LogP contribution in [-0.2, 0) is 9.92 Å². The molecule has 3 N–H and O–H groups in total. The van der Waals surface area contributed by atoms with Gasteiger partial charge in [0.2, 0.25) is 0 Å². The summed E-state index contributed by atoms with van der Waals surface area (Å²) in [5.41, 5.74) is 2.66. The number of aliphatic hydroxyl groups is 1. The van der Waals surface area contributed by atoms with Crippen LogP contribution in [0.2, 0.25) is 5.02 Å². The van der Waals surface area contributed by atoms with Crippen molar-refractivity contribution in [2.45, 2.75) is 39.2 Å². The third-order valence-electron chi connectivity index (χ3n) is 7.33. The van der Waals surface area contributed by atoms with Gasteiger partial charge in [0.1, 0.15) is 15.7 Å². The first kappa shape index (κ1) is 29.6. The number of nitrogens with zero attached hydrogens (tertiary/aromatic N) is 2. The molecular formula is C30H26ClF3N4O3S2. The lowest BCUT2D eigenvalue weighted by molar-refractivity contribution is -0.274. The summed E-state index contributed by atoms with van der Waals surface area (Å²) in [6.45, 7) is 0.604. The maximum atomic E-state index is 13.7. The second-order valence-corrected chi connectivity index (χ2v) is 13.5. The predicted molar refractivity (Wildman–Crippen MR) is 162 cm³/mol. The van der Waals surface area contributed by atoms with E-state index in [4.69, 9.17) is 16.4 Å². The highest BCUT2D eigenvalue weighted by Gasteiger charge is 2.43. The minimum absolute atomic E-state index is 0.0422. The Morgan fingerprint density at radius 1 is 0.907 bits per heavy atom. The molecule has 4 aromatic rings. The van der Waals surface area contributed by atoms with E-state index in [1.807, 2.05) is 65.6 Å². The number of rotatable bonds is 6. The number of nitrogens with one attached hydrogen (secondary N) is 2. The van der Waals surface area contributed by atoms with Crippen LogP contribution in [0.5, 0.6) is 5.75 Å². The van der Waals surface area contributed by atoms with Crippen LogP contribution >= 0.6 is 23.4 Å². The maximum absolute atomic E-state index is 13.7. The van der Waals surface area contributed by atoms with Crippen molar-refractivity contribution in [3.05, 3.63) is 102 Å². The number of piperidine rings is 1. The molecule has 0 radical (unpaired) electrons. The molecule has 0 aliphatic carbocycles. The van der Waals surface area contributed by atoms with Crippen molar-refractivity contribution in [2.75, 3.05) is 22.9 Å². The lowest BCUT2D eigenvalue weighted by atomic mass is 9.94. The molecule has 4 aromatic carbocycles. The van der Waals surface area contributed by atoms with Crippen LogP contribution in [0.3, 0.4) is 0 Å². The minimum Gasteiger partial charge on any atom is -0.406 e. The van der Waals surface area contributed by atoms with Gasteiger partial charge in [-0.2, -0.15) is 0 Å². The highest BCUT2D eigenvalue weighted by Crippen LogP contribution is 2.49. The quantitative estimate of drug-likeness (QED) is 0.208. The molecule has 2 heterocycles. The summed E-state index contributed by atoms with van der Waals surface area (Å²) in [4.78, 5) is 6.13. The third-order valence-corrected chi connectivity index (χ3v) is 10.3. The topological polar surface area (TPSA) is 88.9 Å². The normalized spacial score (nSPS) is 21.5. The first-order valence-corrected chi connectivity index (χ1v) is 16.0. The first-order chi connectivity index (χ1) is 20.5. The molecular weight excluding hydrogens is 621 g/mol. The van der Waals surface area contributed by atoms with E-state index in [9.17, 15) is 22.5 Å². The number of benzene rings is 4. The maximum Gasteiger partial charge on any atom is 0.573 e. The van der Waals surface area contributed by atoms with Gasteiger partial charge in [-0.05, 0) is 72.8 Å². The molecule has 0 amide bonds. The van der Waals surface area contributed by atoms with Crippen LogP contribution in [0, 0.1) is 4.78 Å². The van der Waals surface area contributed by atoms with Gasteiger partial charge in [-0.1, -0.05) is 47.6 Å². The number of fused-ring (bicyclic) bond motifs is 2. The lowest BCUT2D eigenvalue weighted by Gasteiger charge is -2.49. The number of alkyl halides is 3. The molecule has 0 spiro atoms. The molecule has 2 aliphatic heterocycles. The molecule has 1 saturated heterocycles. The summed E-state index contributed by atoms with van der Waals surface area (Å²) < 4.78 is 67.0. The average molecular weight is 647 g/mol. The molecule has 13 heteroatoms. The van der Waals surface area contributed by atoms with Crippen molar-refractivity contribution in [1.82, 2.24) is 4.72 Å². The van der Waals surface area contributed by atoms with E-state index >= 15 is 0 Å². The molecule has 7 nitrogen and oxygen atoms in total. The number of hydrogen-bond acceptors (Lipinski definition) is 7. The Hall–Kier alpha value is -3.42. The number of aliphatic hydroxyl groups excluding tert-OH is 1. The summed E-state index contributed by atoms with van der Waals surface area (Å²) in [6, 6.07) is 26.0. The number of anilines is 3. The monoisotopic (exact) mass is 646 g/mol. The molecule has 0 bridgehead atoms. The van der Waals surface area contributed by atoms with Crippen molar-refractivity contribution in [3.63, 3.8) is 0 Å². The van der Waals surface area contributed by atoms with E-state index in [-0.39, 0.29) is 11.4 Å². The molecule has 43 heavy (non-hydrogen) atoms. The molecule has 224 valence electrons. The summed E-state index contributed by atoms with van der Waals surface area (Å²) >= 11 is 7.79. The van der Waals surface area contributed by atoms with Crippen molar-refractivity contribution >= 4 is 50.3 Å². The van der Waals surface area contributed by atoms with E-state index in [0.717, 1.165) is 51.1 Å². The highest BCUT2D eigenvalue weighted by atomic mass is 35.5. The zero-order valence-electron chi connectivity index (χ0n) is 22.4. The number of para-hydroxylation sites is 2. The molecule has 4 atom stereocenters. The standard InChI is InChI=1S/C30H26ClF3N4O3S2/c31-19-9-11-20(12-10-19)37-17-23(36-43(35,40)22-15-13-21(14-16-22)41-30(32,33)34)29(39)26(18-37)38-24-5-1-3-7-27(24)42-28-8-4-2-6-25(28)38/h1-16,23,26,29,39H,17-18H2,(H2,35,36,40). The molecule has 2 aliphatic rings. The van der Waals surface area contributed by atoms with Crippen LogP contribution in [0.4, 0.5) is 30.2 Å². The van der Waals surface area contributed by atoms with Gasteiger partial charge in [0.15, 0.2) is 0 Å². The van der Waals surface area contributed by atoms with Gasteiger partial charge in [0, 0.05) is 33.6 Å². The number of hydrogen-bond donors (Lipinski definition) is 3. The molecule has 0 aromatic heterocycles. The second-order valence-electron chi connectivity index (χ2n) is 10.1. The SMILES string of the molecule is N=S(=O)(NC1CN(c2ccc(Cl)cc2)CC(N2c3ccccc3Sc3ccccc32)C1O)c1ccc(OC(F)(F)F)cc1. The summed E-state index contributed by atoms with van der Waals surface area (Å²) in [5.74, 6) is -0.488. The fourth-order valence-corrected chi connectivity index (χ4v) is 7.92. The Morgan fingerprint density at radius 3 is 2.07 bits per heavy atom. The Kier molecular flexibility index (Phi) is 7.99. The lowest BCUT2D eigenvalue weighted by Crippen LogP contribution is -2.65. The van der Waals surface area contributed by atoms with Gasteiger partial charge >= 0.3 is 6.36 Å². The zero-order chi connectivity index (χ0) is 30.4. The van der Waals surface area contributed by atoms with Crippen LogP contribution in [0.1, 0.15) is 0 Å². The first-order valence-electron chi connectivity index (χ1n) is 13.2. The Bertz CT molecular complexity index is 1680. The van der Waals surface area contributed by atoms with Crippen LogP contribution in [-0.4, -0.2) is 47.0 Å². The van der Waals surface area contributed by atoms with E-state index in [0.29, 0.717) is 11.6 Å². The third kappa shape index (κ3) is 6.29. The summed E-state index contributed by atoms with van der Waals surface area (Å²) in [6.07, 6.45) is -5.97. The van der Waals surface area contributed by atoms with Gasteiger partial charge in [-0.15, -0.1) is 13.2 Å². The van der Waals surface area contributed by atoms with E-state index in [1.54, 1.807) is 23.9 Å². The highest BCUT2D eigenvalue weighted by molar-refractivity contribution is 7.99. The van der Waals surface area contributed by atoms with Gasteiger partial charge in [-0.3, -0.25) is 0 Å². The molecule has 6 rings (SSSR count). The number of ether oxygens (including phenoxy) is 1. The zero-order valence-corrected chi connectivity index (χ0v) is 24.8. The van der Waals surface area contributed by atoms with Crippen molar-refractivity contribution in [2.24, 2.45) is 0 Å². The summed E-state index contributed by atoms with van der Waals surface area (Å²) in [5, 5.41) is 12.5. The molecule has 4 unspecified atom stereocenters.